The Balaban J connectivity index is 1.93. The van der Waals surface area contributed by atoms with Gasteiger partial charge in [-0.2, -0.15) is 4.73 Å². The number of nitrogens with zero attached hydrogens (tertiary/aromatic N) is 2. The van der Waals surface area contributed by atoms with E-state index in [0.717, 1.165) is 42.0 Å². The molecule has 0 N–H and O–H groups in total. The van der Waals surface area contributed by atoms with Crippen LogP contribution in [0.3, 0.4) is 0 Å². The predicted molar refractivity (Wildman–Crippen MR) is 108 cm³/mol. The SMILES string of the molecule is CC1CCN(c2c(S(=O)(=O)c3ccc(Cl)cc3)sc3c2ccc[n+]3[O-])CC1. The van der Waals surface area contributed by atoms with Crippen molar-refractivity contribution in [3.8, 4) is 0 Å². The van der Waals surface area contributed by atoms with Crippen LogP contribution in [0.25, 0.3) is 10.2 Å². The minimum atomic E-state index is -3.76. The van der Waals surface area contributed by atoms with Crippen LogP contribution in [-0.2, 0) is 9.84 Å². The maximum absolute atomic E-state index is 13.4. The summed E-state index contributed by atoms with van der Waals surface area (Å²) in [6.45, 7) is 3.77. The van der Waals surface area contributed by atoms with Crippen LogP contribution >= 0.6 is 22.9 Å². The summed E-state index contributed by atoms with van der Waals surface area (Å²) < 4.78 is 27.7. The predicted octanol–water partition coefficient (Wildman–Crippen LogP) is 4.26. The molecule has 1 saturated heterocycles. The van der Waals surface area contributed by atoms with Crippen molar-refractivity contribution in [2.75, 3.05) is 18.0 Å². The number of anilines is 1. The van der Waals surface area contributed by atoms with E-state index in [1.165, 1.54) is 18.3 Å². The Labute approximate surface area is 167 Å². The molecule has 0 radical (unpaired) electrons. The van der Waals surface area contributed by atoms with Gasteiger partial charge < -0.3 is 10.1 Å². The molecule has 0 amide bonds. The highest BCUT2D eigenvalue weighted by Gasteiger charge is 2.32. The summed E-state index contributed by atoms with van der Waals surface area (Å²) in [5.74, 6) is 0.618. The second-order valence-electron chi connectivity index (χ2n) is 6.92. The van der Waals surface area contributed by atoms with Crippen LogP contribution in [0.4, 0.5) is 5.69 Å². The molecule has 142 valence electrons. The molecule has 3 heterocycles. The Morgan fingerprint density at radius 3 is 2.52 bits per heavy atom. The lowest BCUT2D eigenvalue weighted by Gasteiger charge is -2.32. The summed E-state index contributed by atoms with van der Waals surface area (Å²) in [7, 11) is -3.76. The Kier molecular flexibility index (Phi) is 4.78. The summed E-state index contributed by atoms with van der Waals surface area (Å²) in [5, 5.41) is 13.5. The van der Waals surface area contributed by atoms with Gasteiger partial charge in [0, 0.05) is 24.2 Å². The van der Waals surface area contributed by atoms with Crippen LogP contribution in [0.15, 0.2) is 51.7 Å². The van der Waals surface area contributed by atoms with Crippen molar-refractivity contribution in [1.82, 2.24) is 0 Å². The Bertz CT molecular complexity index is 1090. The minimum Gasteiger partial charge on any atom is -0.618 e. The molecular formula is C19H19ClN2O3S2. The first-order valence-corrected chi connectivity index (χ1v) is 11.5. The van der Waals surface area contributed by atoms with Gasteiger partial charge in [0.2, 0.25) is 9.84 Å². The summed E-state index contributed by atoms with van der Waals surface area (Å²) in [6, 6.07) is 9.64. The highest BCUT2D eigenvalue weighted by Crippen LogP contribution is 2.43. The summed E-state index contributed by atoms with van der Waals surface area (Å²) >= 11 is 6.95. The topological polar surface area (TPSA) is 64.3 Å². The van der Waals surface area contributed by atoms with Crippen molar-refractivity contribution in [2.24, 2.45) is 5.92 Å². The van der Waals surface area contributed by atoms with Gasteiger partial charge in [0.25, 0.3) is 4.83 Å². The zero-order chi connectivity index (χ0) is 19.2. The Morgan fingerprint density at radius 2 is 1.85 bits per heavy atom. The molecule has 2 aromatic heterocycles. The van der Waals surface area contributed by atoms with E-state index in [2.05, 4.69) is 11.8 Å². The Hall–Kier alpha value is -1.83. The maximum Gasteiger partial charge on any atom is 0.283 e. The van der Waals surface area contributed by atoms with E-state index in [9.17, 15) is 13.6 Å². The molecular weight excluding hydrogens is 404 g/mol. The highest BCUT2D eigenvalue weighted by atomic mass is 35.5. The maximum atomic E-state index is 13.4. The smallest absolute Gasteiger partial charge is 0.283 e. The number of hydrogen-bond acceptors (Lipinski definition) is 5. The van der Waals surface area contributed by atoms with Gasteiger partial charge in [0.1, 0.15) is 0 Å². The Morgan fingerprint density at radius 1 is 1.19 bits per heavy atom. The number of piperidine rings is 1. The van der Waals surface area contributed by atoms with E-state index in [1.54, 1.807) is 18.2 Å². The largest absolute Gasteiger partial charge is 0.618 e. The molecule has 3 aromatic rings. The lowest BCUT2D eigenvalue weighted by Crippen LogP contribution is -2.33. The number of fused-ring (bicyclic) bond motifs is 1. The van der Waals surface area contributed by atoms with Gasteiger partial charge in [-0.1, -0.05) is 29.9 Å². The van der Waals surface area contributed by atoms with E-state index in [0.29, 0.717) is 26.8 Å². The third kappa shape index (κ3) is 3.28. The van der Waals surface area contributed by atoms with Gasteiger partial charge in [-0.25, -0.2) is 8.42 Å². The van der Waals surface area contributed by atoms with Crippen LogP contribution in [0.5, 0.6) is 0 Å². The lowest BCUT2D eigenvalue weighted by atomic mass is 9.99. The number of aromatic nitrogens is 1. The first-order chi connectivity index (χ1) is 12.9. The van der Waals surface area contributed by atoms with Crippen molar-refractivity contribution in [2.45, 2.75) is 28.9 Å². The fourth-order valence-corrected chi connectivity index (χ4v) is 6.67. The number of hydrogen-bond donors (Lipinski definition) is 0. The standard InChI is InChI=1S/C19H19ClN2O3S2/c1-13-8-11-21(12-9-13)17-16-3-2-10-22(23)18(16)26-19(17)27(24,25)15-6-4-14(20)5-7-15/h2-7,10,13H,8-9,11-12H2,1H3. The van der Waals surface area contributed by atoms with Crippen molar-refractivity contribution in [3.63, 3.8) is 0 Å². The van der Waals surface area contributed by atoms with Crippen molar-refractivity contribution < 1.29 is 13.1 Å². The van der Waals surface area contributed by atoms with E-state index in [1.807, 2.05) is 6.07 Å². The lowest BCUT2D eigenvalue weighted by molar-refractivity contribution is -0.574. The molecule has 8 heteroatoms. The molecule has 0 aliphatic carbocycles. The van der Waals surface area contributed by atoms with Gasteiger partial charge in [-0.15, -0.1) is 0 Å². The third-order valence-corrected chi connectivity index (χ3v) is 8.73. The molecule has 5 nitrogen and oxygen atoms in total. The van der Waals surface area contributed by atoms with Crippen molar-refractivity contribution in [3.05, 3.63) is 52.8 Å². The van der Waals surface area contributed by atoms with E-state index in [4.69, 9.17) is 11.6 Å². The molecule has 0 bridgehead atoms. The van der Waals surface area contributed by atoms with E-state index in [-0.39, 0.29) is 9.10 Å². The molecule has 0 unspecified atom stereocenters. The first-order valence-electron chi connectivity index (χ1n) is 8.78. The summed E-state index contributed by atoms with van der Waals surface area (Å²) in [4.78, 5) is 2.71. The number of halogens is 1. The number of thiophene rings is 1. The number of rotatable bonds is 3. The van der Waals surface area contributed by atoms with Crippen molar-refractivity contribution >= 4 is 48.7 Å². The highest BCUT2D eigenvalue weighted by molar-refractivity contribution is 7.93. The van der Waals surface area contributed by atoms with Crippen LogP contribution in [0, 0.1) is 11.1 Å². The summed E-state index contributed by atoms with van der Waals surface area (Å²) in [5.41, 5.74) is 0.655. The van der Waals surface area contributed by atoms with E-state index < -0.39 is 9.84 Å². The van der Waals surface area contributed by atoms with Crippen LogP contribution in [-0.4, -0.2) is 21.5 Å². The van der Waals surface area contributed by atoms with Crippen LogP contribution < -0.4 is 9.63 Å². The second kappa shape index (κ2) is 6.96. The second-order valence-corrected chi connectivity index (χ2v) is 10.5. The molecule has 0 saturated carbocycles. The number of pyridine rings is 1. The molecule has 1 aromatic carbocycles. The average Bonchev–Trinajstić information content (AvgIpc) is 3.05. The van der Waals surface area contributed by atoms with Gasteiger partial charge in [0.05, 0.1) is 16.0 Å². The molecule has 1 fully saturated rings. The monoisotopic (exact) mass is 422 g/mol. The quantitative estimate of drug-likeness (QED) is 0.467. The number of benzene rings is 1. The van der Waals surface area contributed by atoms with Gasteiger partial charge >= 0.3 is 0 Å². The molecule has 0 spiro atoms. The first kappa shape index (κ1) is 18.5. The fourth-order valence-electron chi connectivity index (χ4n) is 3.44. The fraction of sp³-hybridized carbons (Fsp3) is 0.316. The zero-order valence-electron chi connectivity index (χ0n) is 14.8. The minimum absolute atomic E-state index is 0.183. The normalized spacial score (nSPS) is 16.1. The molecule has 1 aliphatic rings. The van der Waals surface area contributed by atoms with Crippen LogP contribution in [0.2, 0.25) is 5.02 Å². The zero-order valence-corrected chi connectivity index (χ0v) is 17.1. The summed E-state index contributed by atoms with van der Waals surface area (Å²) in [6.07, 6.45) is 3.41. The number of sulfone groups is 1. The van der Waals surface area contributed by atoms with E-state index >= 15 is 0 Å². The van der Waals surface area contributed by atoms with Gasteiger partial charge in [-0.3, -0.25) is 0 Å². The molecule has 0 atom stereocenters. The van der Waals surface area contributed by atoms with Gasteiger partial charge in [0.15, 0.2) is 10.4 Å². The van der Waals surface area contributed by atoms with Crippen molar-refractivity contribution in [1.29, 1.82) is 0 Å². The molecule has 4 rings (SSSR count). The molecule has 27 heavy (non-hydrogen) atoms. The average molecular weight is 423 g/mol. The molecule has 1 aliphatic heterocycles. The van der Waals surface area contributed by atoms with Gasteiger partial charge in [-0.05, 0) is 49.1 Å². The van der Waals surface area contributed by atoms with Crippen LogP contribution in [0.1, 0.15) is 19.8 Å². The third-order valence-electron chi connectivity index (χ3n) is 5.02.